The first-order valence-corrected chi connectivity index (χ1v) is 16.3. The molecule has 0 amide bonds. The second-order valence-electron chi connectivity index (χ2n) is 11.3. The summed E-state index contributed by atoms with van der Waals surface area (Å²) in [5.41, 5.74) is 1.38. The Morgan fingerprint density at radius 2 is 2.03 bits per heavy atom. The van der Waals surface area contributed by atoms with E-state index < -0.39 is 32.4 Å². The lowest BCUT2D eigenvalue weighted by atomic mass is 10.1. The Morgan fingerprint density at radius 3 is 2.69 bits per heavy atom. The number of hydrogen-bond donors (Lipinski definition) is 1. The highest BCUT2D eigenvalue weighted by Crippen LogP contribution is 2.37. The molecule has 7 nitrogen and oxygen atoms in total. The molecule has 3 aromatic rings. The quantitative estimate of drug-likeness (QED) is 0.319. The van der Waals surface area contributed by atoms with Gasteiger partial charge in [-0.2, -0.15) is 0 Å². The first-order valence-electron chi connectivity index (χ1n) is 13.0. The summed E-state index contributed by atoms with van der Waals surface area (Å²) < 4.78 is 41.8. The number of rotatable bonds is 8. The Kier molecular flexibility index (Phi) is 8.90. The predicted octanol–water partition coefficient (Wildman–Crippen LogP) is 6.25. The van der Waals surface area contributed by atoms with Crippen molar-refractivity contribution in [3.05, 3.63) is 75.5 Å². The molecule has 11 heteroatoms. The van der Waals surface area contributed by atoms with Crippen LogP contribution in [0, 0.1) is 5.82 Å². The number of alkyl halides is 1. The average Bonchev–Trinajstić information content (AvgIpc) is 2.88. The molecule has 0 spiro atoms. The summed E-state index contributed by atoms with van der Waals surface area (Å²) in [5.74, 6) is -0.277. The minimum atomic E-state index is -2.16. The van der Waals surface area contributed by atoms with E-state index in [1.165, 1.54) is 22.8 Å². The summed E-state index contributed by atoms with van der Waals surface area (Å²) >= 11 is 5.93. The van der Waals surface area contributed by atoms with Gasteiger partial charge in [0.05, 0.1) is 36.0 Å². The zero-order valence-electron chi connectivity index (χ0n) is 22.9. The van der Waals surface area contributed by atoms with Crippen LogP contribution in [0.2, 0.25) is 23.2 Å². The van der Waals surface area contributed by atoms with Crippen LogP contribution in [-0.4, -0.2) is 54.9 Å². The topological polar surface area (TPSA) is 78.3 Å². The zero-order valence-corrected chi connectivity index (χ0v) is 24.6. The van der Waals surface area contributed by atoms with Crippen molar-refractivity contribution in [3.8, 4) is 11.3 Å². The van der Waals surface area contributed by atoms with Gasteiger partial charge in [0.2, 0.25) is 5.95 Å². The van der Waals surface area contributed by atoms with E-state index in [1.54, 1.807) is 30.6 Å². The largest absolute Gasteiger partial charge is 0.414 e. The molecule has 1 fully saturated rings. The second-order valence-corrected chi connectivity index (χ2v) is 16.5. The first-order chi connectivity index (χ1) is 18.4. The third kappa shape index (κ3) is 6.92. The highest BCUT2D eigenvalue weighted by molar-refractivity contribution is 6.74. The highest BCUT2D eigenvalue weighted by Gasteiger charge is 2.38. The molecule has 1 aromatic carbocycles. The number of anilines is 1. The van der Waals surface area contributed by atoms with Gasteiger partial charge in [-0.1, -0.05) is 38.4 Å². The van der Waals surface area contributed by atoms with Crippen LogP contribution in [-0.2, 0) is 9.16 Å². The van der Waals surface area contributed by atoms with Crippen molar-refractivity contribution >= 4 is 25.9 Å². The third-order valence-electron chi connectivity index (χ3n) is 7.57. The van der Waals surface area contributed by atoms with E-state index in [2.05, 4.69) is 49.1 Å². The lowest BCUT2D eigenvalue weighted by Crippen LogP contribution is -2.43. The maximum Gasteiger partial charge on any atom is 0.251 e. The molecular formula is C28H35ClF2N4O3Si. The molecule has 0 aliphatic carbocycles. The summed E-state index contributed by atoms with van der Waals surface area (Å²) in [6, 6.07) is 8.47. The van der Waals surface area contributed by atoms with Crippen LogP contribution >= 0.6 is 11.6 Å². The molecule has 1 aliphatic heterocycles. The number of aromatic nitrogens is 3. The Balaban J connectivity index is 1.63. The minimum Gasteiger partial charge on any atom is -0.414 e. The zero-order chi connectivity index (χ0) is 28.4. The molecule has 1 unspecified atom stereocenters. The maximum absolute atomic E-state index is 14.4. The molecule has 2 aromatic heterocycles. The Hall–Kier alpha value is -2.66. The standard InChI is InChI=1S/C28H35ClF2N4O3Si/c1-28(2,3)39(4,5)38-17-25(19-6-7-20(29)21(30)14-19)35-12-9-18(15-26(35)36)23-8-11-32-27(33-23)34-24-10-13-37-16-22(24)31/h6-9,11-12,14-15,22,24-25H,10,13,16-17H2,1-5H3,(H,32,33,34)/t22-,24-,25?/m1/s1. The van der Waals surface area contributed by atoms with Gasteiger partial charge in [-0.05, 0) is 54.4 Å². The molecule has 1 saturated heterocycles. The Bertz CT molecular complexity index is 1370. The van der Waals surface area contributed by atoms with E-state index in [-0.39, 0.29) is 34.8 Å². The summed E-state index contributed by atoms with van der Waals surface area (Å²) in [4.78, 5) is 22.1. The van der Waals surface area contributed by atoms with Crippen LogP contribution in [0.3, 0.4) is 0 Å². The number of ether oxygens (including phenoxy) is 1. The van der Waals surface area contributed by atoms with E-state index >= 15 is 0 Å². The van der Waals surface area contributed by atoms with Crippen molar-refractivity contribution in [1.29, 1.82) is 0 Å². The molecule has 210 valence electrons. The van der Waals surface area contributed by atoms with Crippen LogP contribution in [0.1, 0.15) is 38.8 Å². The smallest absolute Gasteiger partial charge is 0.251 e. The molecule has 3 heterocycles. The summed E-state index contributed by atoms with van der Waals surface area (Å²) in [6.45, 7) is 11.4. The first kappa shape index (κ1) is 29.3. The average molecular weight is 577 g/mol. The predicted molar refractivity (Wildman–Crippen MR) is 152 cm³/mol. The van der Waals surface area contributed by atoms with Gasteiger partial charge < -0.3 is 19.0 Å². The monoisotopic (exact) mass is 576 g/mol. The van der Waals surface area contributed by atoms with Crippen LogP contribution in [0.5, 0.6) is 0 Å². The van der Waals surface area contributed by atoms with Gasteiger partial charge in [-0.3, -0.25) is 4.79 Å². The second kappa shape index (κ2) is 11.8. The van der Waals surface area contributed by atoms with Crippen molar-refractivity contribution < 1.29 is 17.9 Å². The number of pyridine rings is 1. The number of benzene rings is 1. The molecule has 1 N–H and O–H groups in total. The van der Waals surface area contributed by atoms with Crippen LogP contribution < -0.4 is 10.9 Å². The van der Waals surface area contributed by atoms with Crippen molar-refractivity contribution in [1.82, 2.24) is 14.5 Å². The molecule has 0 radical (unpaired) electrons. The van der Waals surface area contributed by atoms with Gasteiger partial charge in [0.1, 0.15) is 12.0 Å². The SMILES string of the molecule is CC(C)(C)[Si](C)(C)OCC(c1ccc(Cl)c(F)c1)n1ccc(-c2ccnc(N[C@@H]3CCOC[C@H]3F)n2)cc1=O. The molecule has 4 rings (SSSR count). The molecule has 0 saturated carbocycles. The van der Waals surface area contributed by atoms with E-state index in [0.717, 1.165) is 0 Å². The fraction of sp³-hybridized carbons (Fsp3) is 0.464. The minimum absolute atomic E-state index is 0.0125. The van der Waals surface area contributed by atoms with E-state index in [1.807, 2.05) is 0 Å². The van der Waals surface area contributed by atoms with E-state index in [4.69, 9.17) is 20.8 Å². The van der Waals surface area contributed by atoms with Gasteiger partial charge in [-0.25, -0.2) is 18.7 Å². The van der Waals surface area contributed by atoms with Crippen LogP contribution in [0.15, 0.2) is 53.6 Å². The molecular weight excluding hydrogens is 542 g/mol. The Morgan fingerprint density at radius 1 is 1.26 bits per heavy atom. The van der Waals surface area contributed by atoms with Gasteiger partial charge in [0.15, 0.2) is 8.32 Å². The molecule has 0 bridgehead atoms. The number of hydrogen-bond acceptors (Lipinski definition) is 6. The van der Waals surface area contributed by atoms with E-state index in [9.17, 15) is 13.6 Å². The third-order valence-corrected chi connectivity index (χ3v) is 12.4. The van der Waals surface area contributed by atoms with Crippen LogP contribution in [0.25, 0.3) is 11.3 Å². The summed E-state index contributed by atoms with van der Waals surface area (Å²) in [6.07, 6.45) is 2.58. The fourth-order valence-electron chi connectivity index (χ4n) is 4.09. The lowest BCUT2D eigenvalue weighted by Gasteiger charge is -2.37. The molecule has 1 aliphatic rings. The number of nitrogens with one attached hydrogen (secondary N) is 1. The van der Waals surface area contributed by atoms with Gasteiger partial charge in [-0.15, -0.1) is 0 Å². The normalized spacial score (nSPS) is 19.1. The van der Waals surface area contributed by atoms with Gasteiger partial charge in [0.25, 0.3) is 5.56 Å². The molecule has 39 heavy (non-hydrogen) atoms. The Labute approximate surface area is 233 Å². The van der Waals surface area contributed by atoms with Crippen molar-refractivity contribution in [2.45, 2.75) is 63.6 Å². The van der Waals surface area contributed by atoms with Crippen molar-refractivity contribution in [2.24, 2.45) is 0 Å². The maximum atomic E-state index is 14.4. The lowest BCUT2D eigenvalue weighted by molar-refractivity contribution is 0.0284. The fourth-order valence-corrected chi connectivity index (χ4v) is 5.21. The van der Waals surface area contributed by atoms with E-state index in [0.29, 0.717) is 29.8 Å². The number of nitrogens with zero attached hydrogens (tertiary/aromatic N) is 3. The van der Waals surface area contributed by atoms with Gasteiger partial charge >= 0.3 is 0 Å². The van der Waals surface area contributed by atoms with Crippen LogP contribution in [0.4, 0.5) is 14.7 Å². The highest BCUT2D eigenvalue weighted by atomic mass is 35.5. The van der Waals surface area contributed by atoms with Crippen molar-refractivity contribution in [3.63, 3.8) is 0 Å². The van der Waals surface area contributed by atoms with Gasteiger partial charge in [0, 0.05) is 30.6 Å². The summed E-state index contributed by atoms with van der Waals surface area (Å²) in [7, 11) is -2.16. The number of halogens is 3. The molecule has 3 atom stereocenters. The summed E-state index contributed by atoms with van der Waals surface area (Å²) in [5, 5.41) is 3.01. The van der Waals surface area contributed by atoms with Crippen molar-refractivity contribution in [2.75, 3.05) is 25.1 Å².